The van der Waals surface area contributed by atoms with Crippen LogP contribution in [0, 0.1) is 0 Å². The molecule has 1 aliphatic carbocycles. The molecular formula is C6H8O3. The number of rotatable bonds is 0. The number of aliphatic hydroxyl groups is 2. The molecule has 0 aromatic carbocycles. The van der Waals surface area contributed by atoms with Crippen LogP contribution in [0.2, 0.25) is 0 Å². The van der Waals surface area contributed by atoms with Gasteiger partial charge in [-0.25, -0.2) is 0 Å². The van der Waals surface area contributed by atoms with Crippen molar-refractivity contribution in [2.24, 2.45) is 0 Å². The molecule has 0 bridgehead atoms. The van der Waals surface area contributed by atoms with E-state index in [4.69, 9.17) is 10.2 Å². The third kappa shape index (κ3) is 0.886. The maximum Gasteiger partial charge on any atom is 0.187 e. The SMILES string of the molecule is CC1=CC(=O)C(O)C1O. The van der Waals surface area contributed by atoms with Crippen LogP contribution in [0.4, 0.5) is 0 Å². The average molecular weight is 128 g/mol. The molecule has 0 aromatic heterocycles. The van der Waals surface area contributed by atoms with E-state index < -0.39 is 18.0 Å². The van der Waals surface area contributed by atoms with Crippen LogP contribution in [0.5, 0.6) is 0 Å². The third-order valence-corrected chi connectivity index (χ3v) is 1.43. The summed E-state index contributed by atoms with van der Waals surface area (Å²) in [6.07, 6.45) is -0.933. The highest BCUT2D eigenvalue weighted by molar-refractivity contribution is 5.97. The Hall–Kier alpha value is -0.670. The van der Waals surface area contributed by atoms with Crippen molar-refractivity contribution in [3.8, 4) is 0 Å². The largest absolute Gasteiger partial charge is 0.386 e. The summed E-state index contributed by atoms with van der Waals surface area (Å²) in [5.41, 5.74) is 0.535. The topological polar surface area (TPSA) is 57.5 Å². The highest BCUT2D eigenvalue weighted by Gasteiger charge is 2.30. The first-order chi connectivity index (χ1) is 4.13. The summed E-state index contributed by atoms with van der Waals surface area (Å²) in [6, 6.07) is 0. The van der Waals surface area contributed by atoms with E-state index in [1.807, 2.05) is 0 Å². The van der Waals surface area contributed by atoms with E-state index in [-0.39, 0.29) is 0 Å². The number of ketones is 1. The summed E-state index contributed by atoms with van der Waals surface area (Å²) in [5.74, 6) is -0.403. The minimum Gasteiger partial charge on any atom is -0.386 e. The molecule has 2 unspecified atom stereocenters. The first-order valence-corrected chi connectivity index (χ1v) is 2.71. The van der Waals surface area contributed by atoms with Gasteiger partial charge in [0.15, 0.2) is 5.78 Å². The van der Waals surface area contributed by atoms with Crippen LogP contribution in [-0.2, 0) is 4.79 Å². The van der Waals surface area contributed by atoms with Crippen LogP contribution >= 0.6 is 0 Å². The van der Waals surface area contributed by atoms with Gasteiger partial charge in [-0.3, -0.25) is 4.79 Å². The van der Waals surface area contributed by atoms with Gasteiger partial charge in [-0.15, -0.1) is 0 Å². The van der Waals surface area contributed by atoms with Crippen molar-refractivity contribution in [3.63, 3.8) is 0 Å². The van der Waals surface area contributed by atoms with Crippen LogP contribution < -0.4 is 0 Å². The monoisotopic (exact) mass is 128 g/mol. The van der Waals surface area contributed by atoms with Crippen molar-refractivity contribution in [2.45, 2.75) is 19.1 Å². The van der Waals surface area contributed by atoms with Gasteiger partial charge >= 0.3 is 0 Å². The summed E-state index contributed by atoms with van der Waals surface area (Å²) in [5, 5.41) is 17.7. The molecule has 2 N–H and O–H groups in total. The Balaban J connectivity index is 2.82. The summed E-state index contributed by atoms with van der Waals surface area (Å²) >= 11 is 0. The molecule has 0 saturated carbocycles. The number of hydrogen-bond acceptors (Lipinski definition) is 3. The number of carbonyl (C=O) groups is 1. The summed E-state index contributed by atoms with van der Waals surface area (Å²) < 4.78 is 0. The Kier molecular flexibility index (Phi) is 1.38. The van der Waals surface area contributed by atoms with Crippen molar-refractivity contribution in [2.75, 3.05) is 0 Å². The fraction of sp³-hybridized carbons (Fsp3) is 0.500. The van der Waals surface area contributed by atoms with E-state index in [1.165, 1.54) is 6.08 Å². The van der Waals surface area contributed by atoms with Gasteiger partial charge in [-0.05, 0) is 18.6 Å². The lowest BCUT2D eigenvalue weighted by atomic mass is 10.2. The Morgan fingerprint density at radius 3 is 2.11 bits per heavy atom. The van der Waals surface area contributed by atoms with E-state index in [1.54, 1.807) is 6.92 Å². The molecular weight excluding hydrogens is 120 g/mol. The van der Waals surface area contributed by atoms with Crippen molar-refractivity contribution in [1.29, 1.82) is 0 Å². The second-order valence-corrected chi connectivity index (χ2v) is 2.18. The lowest BCUT2D eigenvalue weighted by Crippen LogP contribution is -2.27. The highest BCUT2D eigenvalue weighted by Crippen LogP contribution is 2.14. The molecule has 0 radical (unpaired) electrons. The first kappa shape index (κ1) is 6.45. The molecule has 0 spiro atoms. The molecule has 0 aliphatic heterocycles. The van der Waals surface area contributed by atoms with Crippen LogP contribution in [0.3, 0.4) is 0 Å². The third-order valence-electron chi connectivity index (χ3n) is 1.43. The van der Waals surface area contributed by atoms with Crippen molar-refractivity contribution >= 4 is 5.78 Å². The van der Waals surface area contributed by atoms with Crippen molar-refractivity contribution in [3.05, 3.63) is 11.6 Å². The lowest BCUT2D eigenvalue weighted by Gasteiger charge is -2.06. The predicted molar refractivity (Wildman–Crippen MR) is 30.8 cm³/mol. The van der Waals surface area contributed by atoms with E-state index in [0.717, 1.165) is 0 Å². The van der Waals surface area contributed by atoms with Gasteiger partial charge in [0.05, 0.1) is 0 Å². The molecule has 50 valence electrons. The maximum absolute atomic E-state index is 10.5. The van der Waals surface area contributed by atoms with Gasteiger partial charge in [0.25, 0.3) is 0 Å². The van der Waals surface area contributed by atoms with Gasteiger partial charge in [0, 0.05) is 0 Å². The van der Waals surface area contributed by atoms with Gasteiger partial charge in [-0.1, -0.05) is 0 Å². The van der Waals surface area contributed by atoms with E-state index >= 15 is 0 Å². The van der Waals surface area contributed by atoms with Gasteiger partial charge in [0.1, 0.15) is 12.2 Å². The maximum atomic E-state index is 10.5. The molecule has 0 fully saturated rings. The smallest absolute Gasteiger partial charge is 0.187 e. The molecule has 1 aliphatic rings. The Morgan fingerprint density at radius 1 is 1.44 bits per heavy atom. The van der Waals surface area contributed by atoms with Crippen LogP contribution in [-0.4, -0.2) is 28.2 Å². The summed E-state index contributed by atoms with van der Waals surface area (Å²) in [6.45, 7) is 1.61. The number of aliphatic hydroxyl groups excluding tert-OH is 2. The Morgan fingerprint density at radius 2 is 2.00 bits per heavy atom. The molecule has 3 heteroatoms. The van der Waals surface area contributed by atoms with Crippen LogP contribution in [0.15, 0.2) is 11.6 Å². The summed E-state index contributed by atoms with van der Waals surface area (Å²) in [7, 11) is 0. The Labute approximate surface area is 52.6 Å². The lowest BCUT2D eigenvalue weighted by molar-refractivity contribution is -0.124. The molecule has 0 heterocycles. The molecule has 0 saturated heterocycles. The Bertz CT molecular complexity index is 171. The molecule has 9 heavy (non-hydrogen) atoms. The fourth-order valence-electron chi connectivity index (χ4n) is 0.800. The summed E-state index contributed by atoms with van der Waals surface area (Å²) in [4.78, 5) is 10.5. The van der Waals surface area contributed by atoms with Gasteiger partial charge < -0.3 is 10.2 Å². The normalized spacial score (nSPS) is 35.0. The van der Waals surface area contributed by atoms with Gasteiger partial charge in [0.2, 0.25) is 0 Å². The number of hydrogen-bond donors (Lipinski definition) is 2. The minimum absolute atomic E-state index is 0.403. The zero-order valence-corrected chi connectivity index (χ0v) is 5.03. The predicted octanol–water partition coefficient (Wildman–Crippen LogP) is -0.763. The van der Waals surface area contributed by atoms with Crippen molar-refractivity contribution < 1.29 is 15.0 Å². The van der Waals surface area contributed by atoms with E-state index in [9.17, 15) is 4.79 Å². The second-order valence-electron chi connectivity index (χ2n) is 2.18. The average Bonchev–Trinajstić information content (AvgIpc) is 1.98. The zero-order valence-electron chi connectivity index (χ0n) is 5.03. The quantitative estimate of drug-likeness (QED) is 0.450. The molecule has 3 nitrogen and oxygen atoms in total. The molecule has 0 amide bonds. The molecule has 2 atom stereocenters. The van der Waals surface area contributed by atoms with Crippen molar-refractivity contribution in [1.82, 2.24) is 0 Å². The van der Waals surface area contributed by atoms with Crippen LogP contribution in [0.25, 0.3) is 0 Å². The highest BCUT2D eigenvalue weighted by atomic mass is 16.3. The first-order valence-electron chi connectivity index (χ1n) is 2.71. The fourth-order valence-corrected chi connectivity index (χ4v) is 0.800. The van der Waals surface area contributed by atoms with E-state index in [2.05, 4.69) is 0 Å². The van der Waals surface area contributed by atoms with Crippen LogP contribution in [0.1, 0.15) is 6.92 Å². The molecule has 1 rings (SSSR count). The second kappa shape index (κ2) is 1.93. The minimum atomic E-state index is -1.22. The zero-order chi connectivity index (χ0) is 7.02. The van der Waals surface area contributed by atoms with E-state index in [0.29, 0.717) is 5.57 Å². The standard InChI is InChI=1S/C6H8O3/c1-3-2-4(7)6(9)5(3)8/h2,5-6,8-9H,1H3. The number of carbonyl (C=O) groups excluding carboxylic acids is 1. The van der Waals surface area contributed by atoms with Gasteiger partial charge in [-0.2, -0.15) is 0 Å². The molecule has 0 aromatic rings.